The molecule has 1 aromatic heterocycles. The van der Waals surface area contributed by atoms with Crippen LogP contribution in [0.4, 0.5) is 0 Å². The molecule has 0 fully saturated rings. The van der Waals surface area contributed by atoms with Crippen LogP contribution in [0.5, 0.6) is 0 Å². The Kier molecular flexibility index (Phi) is 3.65. The Balaban J connectivity index is 1.93. The van der Waals surface area contributed by atoms with Gasteiger partial charge in [0, 0.05) is 17.7 Å². The van der Waals surface area contributed by atoms with Crippen LogP contribution in [0, 0.1) is 6.92 Å². The fourth-order valence-electron chi connectivity index (χ4n) is 2.36. The van der Waals surface area contributed by atoms with Crippen molar-refractivity contribution in [2.75, 3.05) is 0 Å². The summed E-state index contributed by atoms with van der Waals surface area (Å²) >= 11 is 0. The Morgan fingerprint density at radius 3 is 2.43 bits per heavy atom. The van der Waals surface area contributed by atoms with Gasteiger partial charge < -0.3 is 5.21 Å². The van der Waals surface area contributed by atoms with Crippen LogP contribution >= 0.6 is 0 Å². The van der Waals surface area contributed by atoms with Crippen LogP contribution in [-0.2, 0) is 6.54 Å². The van der Waals surface area contributed by atoms with Crippen LogP contribution < -0.4 is 4.57 Å². The molecule has 3 nitrogen and oxygen atoms in total. The molecule has 0 unspecified atom stereocenters. The second-order valence-electron chi connectivity index (χ2n) is 5.16. The first-order chi connectivity index (χ1) is 10.3. The smallest absolute Gasteiger partial charge is 0.194 e. The largest absolute Gasteiger partial charge is 0.410 e. The minimum absolute atomic E-state index is 0.537. The number of pyridine rings is 1. The normalized spacial score (nSPS) is 11.8. The summed E-state index contributed by atoms with van der Waals surface area (Å²) in [5.74, 6) is 0. The minimum atomic E-state index is 0.537. The molecule has 0 aliphatic carbocycles. The van der Waals surface area contributed by atoms with Gasteiger partial charge in [-0.1, -0.05) is 41.6 Å². The van der Waals surface area contributed by atoms with Gasteiger partial charge >= 0.3 is 0 Å². The minimum Gasteiger partial charge on any atom is -0.410 e. The van der Waals surface area contributed by atoms with Gasteiger partial charge in [-0.3, -0.25) is 0 Å². The van der Waals surface area contributed by atoms with Crippen molar-refractivity contribution in [3.8, 4) is 0 Å². The molecule has 3 heteroatoms. The lowest BCUT2D eigenvalue weighted by atomic mass is 10.0. The average Bonchev–Trinajstić information content (AvgIpc) is 2.54. The van der Waals surface area contributed by atoms with Crippen molar-refractivity contribution in [3.05, 3.63) is 78.1 Å². The summed E-state index contributed by atoms with van der Waals surface area (Å²) in [5.41, 5.74) is 2.79. The molecule has 0 saturated heterocycles. The molecule has 3 aromatic rings. The lowest BCUT2D eigenvalue weighted by Crippen LogP contribution is -2.37. The number of fused-ring (bicyclic) bond motifs is 1. The summed E-state index contributed by atoms with van der Waals surface area (Å²) in [6.07, 6.45) is 3.98. The van der Waals surface area contributed by atoms with E-state index in [1.165, 1.54) is 10.9 Å². The molecule has 0 aliphatic rings. The zero-order valence-corrected chi connectivity index (χ0v) is 11.9. The summed E-state index contributed by atoms with van der Waals surface area (Å²) in [6, 6.07) is 18.3. The maximum absolute atomic E-state index is 9.34. The quantitative estimate of drug-likeness (QED) is 0.339. The molecule has 0 bridgehead atoms. The van der Waals surface area contributed by atoms with Gasteiger partial charge in [-0.2, -0.15) is 4.57 Å². The highest BCUT2D eigenvalue weighted by Crippen LogP contribution is 2.16. The molecule has 1 heterocycles. The third-order valence-corrected chi connectivity index (χ3v) is 3.59. The molecule has 2 aromatic carbocycles. The van der Waals surface area contributed by atoms with Crippen LogP contribution in [0.15, 0.2) is 72.1 Å². The number of hydrogen-bond acceptors (Lipinski definition) is 2. The Labute approximate surface area is 123 Å². The van der Waals surface area contributed by atoms with Gasteiger partial charge in [0.15, 0.2) is 24.7 Å². The SMILES string of the molecule is Cc1cc[n+](C/C(=N/O)c2ccc3ccccc3c2)cc1. The van der Waals surface area contributed by atoms with Gasteiger partial charge in [-0.15, -0.1) is 0 Å². The van der Waals surface area contributed by atoms with E-state index in [0.29, 0.717) is 12.3 Å². The van der Waals surface area contributed by atoms with Crippen molar-refractivity contribution in [1.29, 1.82) is 0 Å². The van der Waals surface area contributed by atoms with Crippen molar-refractivity contribution >= 4 is 16.5 Å². The fourth-order valence-corrected chi connectivity index (χ4v) is 2.36. The zero-order valence-electron chi connectivity index (χ0n) is 11.9. The van der Waals surface area contributed by atoms with Crippen molar-refractivity contribution < 1.29 is 9.77 Å². The molecule has 0 saturated carbocycles. The van der Waals surface area contributed by atoms with Crippen LogP contribution in [0.2, 0.25) is 0 Å². The second-order valence-corrected chi connectivity index (χ2v) is 5.16. The first kappa shape index (κ1) is 13.3. The van der Waals surface area contributed by atoms with Gasteiger partial charge in [-0.05, 0) is 29.3 Å². The van der Waals surface area contributed by atoms with Gasteiger partial charge in [0.2, 0.25) is 0 Å². The Morgan fingerprint density at radius 2 is 1.71 bits per heavy atom. The van der Waals surface area contributed by atoms with Gasteiger partial charge in [0.1, 0.15) is 0 Å². The van der Waals surface area contributed by atoms with Crippen LogP contribution in [0.1, 0.15) is 11.1 Å². The van der Waals surface area contributed by atoms with Crippen molar-refractivity contribution in [2.45, 2.75) is 13.5 Å². The van der Waals surface area contributed by atoms with E-state index in [2.05, 4.69) is 36.3 Å². The van der Waals surface area contributed by atoms with Crippen molar-refractivity contribution in [1.82, 2.24) is 0 Å². The van der Waals surface area contributed by atoms with E-state index >= 15 is 0 Å². The highest BCUT2D eigenvalue weighted by molar-refractivity contribution is 6.02. The van der Waals surface area contributed by atoms with E-state index in [-0.39, 0.29) is 0 Å². The fraction of sp³-hybridized carbons (Fsp3) is 0.111. The third kappa shape index (κ3) is 2.92. The van der Waals surface area contributed by atoms with E-state index in [1.54, 1.807) is 0 Å². The number of benzene rings is 2. The molecule has 3 rings (SSSR count). The van der Waals surface area contributed by atoms with Crippen LogP contribution in [0.3, 0.4) is 0 Å². The number of aryl methyl sites for hydroxylation is 1. The summed E-state index contributed by atoms with van der Waals surface area (Å²) in [5, 5.41) is 15.1. The topological polar surface area (TPSA) is 36.5 Å². The maximum atomic E-state index is 9.34. The molecule has 104 valence electrons. The molecule has 0 amide bonds. The van der Waals surface area contributed by atoms with Crippen LogP contribution in [0.25, 0.3) is 10.8 Å². The number of rotatable bonds is 3. The third-order valence-electron chi connectivity index (χ3n) is 3.59. The highest BCUT2D eigenvalue weighted by Gasteiger charge is 2.11. The molecule has 0 aliphatic heterocycles. The number of nitrogens with zero attached hydrogens (tertiary/aromatic N) is 2. The molecule has 1 N–H and O–H groups in total. The molecule has 21 heavy (non-hydrogen) atoms. The monoisotopic (exact) mass is 277 g/mol. The number of aromatic nitrogens is 1. The van der Waals surface area contributed by atoms with Crippen LogP contribution in [-0.4, -0.2) is 10.9 Å². The Morgan fingerprint density at radius 1 is 1.00 bits per heavy atom. The zero-order chi connectivity index (χ0) is 14.7. The van der Waals surface area contributed by atoms with Gasteiger partial charge in [0.05, 0.1) is 0 Å². The maximum Gasteiger partial charge on any atom is 0.194 e. The summed E-state index contributed by atoms with van der Waals surface area (Å²) in [6.45, 7) is 2.59. The number of hydrogen-bond donors (Lipinski definition) is 1. The average molecular weight is 277 g/mol. The number of oxime groups is 1. The first-order valence-electron chi connectivity index (χ1n) is 6.92. The van der Waals surface area contributed by atoms with E-state index in [4.69, 9.17) is 0 Å². The van der Waals surface area contributed by atoms with E-state index in [1.807, 2.05) is 47.3 Å². The Hall–Kier alpha value is -2.68. The van der Waals surface area contributed by atoms with E-state index in [9.17, 15) is 5.21 Å². The second kappa shape index (κ2) is 5.75. The summed E-state index contributed by atoms with van der Waals surface area (Å²) < 4.78 is 2.00. The van der Waals surface area contributed by atoms with Gasteiger partial charge in [-0.25, -0.2) is 0 Å². The molecule has 0 atom stereocenters. The highest BCUT2D eigenvalue weighted by atomic mass is 16.4. The molecular weight excluding hydrogens is 260 g/mol. The standard InChI is InChI=1S/C18H16N2O/c1-14-8-10-20(11-9-14)13-18(19-21)17-7-6-15-4-2-3-5-16(15)12-17/h2-12H,13H2,1H3/p+1/b19-18-. The Bertz CT molecular complexity index is 792. The molecule has 0 spiro atoms. The lowest BCUT2D eigenvalue weighted by Gasteiger charge is -2.04. The van der Waals surface area contributed by atoms with Gasteiger partial charge in [0.25, 0.3) is 0 Å². The van der Waals surface area contributed by atoms with E-state index < -0.39 is 0 Å². The summed E-state index contributed by atoms with van der Waals surface area (Å²) in [7, 11) is 0. The molecule has 0 radical (unpaired) electrons. The van der Waals surface area contributed by atoms with Crippen molar-refractivity contribution in [2.24, 2.45) is 5.16 Å². The van der Waals surface area contributed by atoms with E-state index in [0.717, 1.165) is 10.9 Å². The predicted octanol–water partition coefficient (Wildman–Crippen LogP) is 3.31. The first-order valence-corrected chi connectivity index (χ1v) is 6.92. The molecular formula is C18H17N2O+. The summed E-state index contributed by atoms with van der Waals surface area (Å²) in [4.78, 5) is 0. The lowest BCUT2D eigenvalue weighted by molar-refractivity contribution is -0.682. The van der Waals surface area contributed by atoms with Crippen molar-refractivity contribution in [3.63, 3.8) is 0 Å². The predicted molar refractivity (Wildman–Crippen MR) is 83.6 cm³/mol.